The van der Waals surface area contributed by atoms with Gasteiger partial charge in [0.25, 0.3) is 12.3 Å². The molecule has 2 amide bonds. The first kappa shape index (κ1) is 40.8. The number of carbonyl (C=O) groups excluding carboxylic acids is 3. The van der Waals surface area contributed by atoms with Gasteiger partial charge in [-0.15, -0.1) is 4.99 Å². The summed E-state index contributed by atoms with van der Waals surface area (Å²) in [5, 5.41) is 10.8. The van der Waals surface area contributed by atoms with Crippen LogP contribution in [0.5, 0.6) is 0 Å². The van der Waals surface area contributed by atoms with Crippen molar-refractivity contribution in [2.45, 2.75) is 58.4 Å². The maximum Gasteiger partial charge on any atom is 0.437 e. The van der Waals surface area contributed by atoms with Crippen molar-refractivity contribution < 1.29 is 41.4 Å². The van der Waals surface area contributed by atoms with Gasteiger partial charge in [0.2, 0.25) is 5.96 Å². The molecule has 1 aliphatic heterocycles. The van der Waals surface area contributed by atoms with Gasteiger partial charge >= 0.3 is 18.1 Å². The Hall–Kier alpha value is -5.81. The largest absolute Gasteiger partial charge is 0.451 e. The maximum atomic E-state index is 15.3. The number of carbonyl (C=O) groups is 3. The Balaban J connectivity index is 1.49. The minimum atomic E-state index is -3.03. The molecule has 5 aromatic rings. The van der Waals surface area contributed by atoms with Crippen LogP contribution in [0, 0.1) is 5.41 Å². The average molecular weight is 830 g/mol. The smallest absolute Gasteiger partial charge is 0.437 e. The lowest BCUT2D eigenvalue weighted by Gasteiger charge is -2.35. The summed E-state index contributed by atoms with van der Waals surface area (Å²) in [6, 6.07) is 18.2. The third-order valence-electron chi connectivity index (χ3n) is 8.87. The third-order valence-corrected chi connectivity index (χ3v) is 9.30. The second kappa shape index (κ2) is 16.7. The molecule has 2 aromatic heterocycles. The van der Waals surface area contributed by atoms with E-state index in [2.05, 4.69) is 25.5 Å². The number of aromatic nitrogens is 5. The number of rotatable bonds is 12. The molecule has 1 fully saturated rings. The number of nitrogens with one attached hydrogen (secondary N) is 1. The zero-order chi connectivity index (χ0) is 41.1. The Bertz CT molecular complexity index is 2280. The van der Waals surface area contributed by atoms with Gasteiger partial charge in [-0.25, -0.2) is 32.7 Å². The number of amides is 2. The molecule has 0 spiro atoms. The maximum absolute atomic E-state index is 15.3. The van der Waals surface area contributed by atoms with Crippen LogP contribution in [0.4, 0.5) is 27.2 Å². The molecule has 0 bridgehead atoms. The lowest BCUT2D eigenvalue weighted by Crippen LogP contribution is -2.47. The number of hydrogen-bond acceptors (Lipinski definition) is 8. The van der Waals surface area contributed by atoms with Gasteiger partial charge < -0.3 is 14.8 Å². The van der Waals surface area contributed by atoms with Crippen molar-refractivity contribution >= 4 is 46.6 Å². The fraction of sp³-hybridized carbons (Fsp3) is 0.289. The molecule has 0 aliphatic carbocycles. The lowest BCUT2D eigenvalue weighted by molar-refractivity contribution is -0.134. The molecule has 57 heavy (non-hydrogen) atoms. The summed E-state index contributed by atoms with van der Waals surface area (Å²) in [5.41, 5.74) is -1.35. The monoisotopic (exact) mass is 828 g/mol. The number of aliphatic imine (C=N–C) groups is 1. The zero-order valence-corrected chi connectivity index (χ0v) is 32.0. The minimum absolute atomic E-state index is 0.00949. The van der Waals surface area contributed by atoms with Crippen LogP contribution in [0.1, 0.15) is 68.7 Å². The summed E-state index contributed by atoms with van der Waals surface area (Å²) in [4.78, 5) is 49.7. The van der Waals surface area contributed by atoms with E-state index < -0.39 is 59.8 Å². The van der Waals surface area contributed by atoms with Gasteiger partial charge in [-0.2, -0.15) is 19.0 Å². The number of alkyl halides is 4. The summed E-state index contributed by atoms with van der Waals surface area (Å²) < 4.78 is 66.5. The predicted octanol–water partition coefficient (Wildman–Crippen LogP) is 8.99. The number of guanidine groups is 1. The van der Waals surface area contributed by atoms with Crippen LogP contribution in [-0.2, 0) is 26.4 Å². The van der Waals surface area contributed by atoms with Gasteiger partial charge in [0, 0.05) is 23.4 Å². The summed E-state index contributed by atoms with van der Waals surface area (Å²) in [6.07, 6.45) is -0.620. The summed E-state index contributed by atoms with van der Waals surface area (Å²) in [7, 11) is 0. The van der Waals surface area contributed by atoms with E-state index in [9.17, 15) is 27.2 Å². The number of hydrogen-bond donors (Lipinski definition) is 1. The molecular formula is C38H34Cl2F4N8O5. The summed E-state index contributed by atoms with van der Waals surface area (Å²) >= 11 is 12.1. The third kappa shape index (κ3) is 9.10. The summed E-state index contributed by atoms with van der Waals surface area (Å²) in [5.74, 6) is -1.67. The second-order valence-corrected chi connectivity index (χ2v) is 14.8. The van der Waals surface area contributed by atoms with Crippen molar-refractivity contribution in [3.63, 3.8) is 0 Å². The fourth-order valence-corrected chi connectivity index (χ4v) is 6.78. The van der Waals surface area contributed by atoms with Crippen LogP contribution < -0.4 is 5.32 Å². The van der Waals surface area contributed by atoms with E-state index in [1.54, 1.807) is 54.6 Å². The van der Waals surface area contributed by atoms with Crippen LogP contribution in [-0.4, -0.2) is 59.4 Å². The highest BCUT2D eigenvalue weighted by molar-refractivity contribution is 6.61. The van der Waals surface area contributed by atoms with Crippen molar-refractivity contribution in [3.05, 3.63) is 119 Å². The van der Waals surface area contributed by atoms with E-state index in [0.717, 1.165) is 15.9 Å². The Morgan fingerprint density at radius 1 is 0.965 bits per heavy atom. The van der Waals surface area contributed by atoms with Gasteiger partial charge in [-0.3, -0.25) is 9.69 Å². The number of nitrogens with zero attached hydrogens (tertiary/aromatic N) is 7. The second-order valence-electron chi connectivity index (χ2n) is 14.1. The Labute approximate surface area is 333 Å². The van der Waals surface area contributed by atoms with Crippen LogP contribution in [0.3, 0.4) is 0 Å². The molecule has 3 aromatic carbocycles. The van der Waals surface area contributed by atoms with Crippen LogP contribution in [0.2, 0.25) is 5.02 Å². The molecule has 2 unspecified atom stereocenters. The van der Waals surface area contributed by atoms with Gasteiger partial charge in [-0.1, -0.05) is 93.0 Å². The SMILES string of the molecule is CC(C)(C)CC1(c2ccc(-c3cnn(C(F)F)c3)cc2)NC(=NC(=O)OCc2ccccc2)N(C(COC(=O)Cl)c2ccc(Cl)c(-n3ncnc3C(F)F)c2)C1=O. The molecule has 298 valence electrons. The Morgan fingerprint density at radius 3 is 2.32 bits per heavy atom. The highest BCUT2D eigenvalue weighted by Crippen LogP contribution is 2.43. The van der Waals surface area contributed by atoms with E-state index in [1.165, 1.54) is 30.6 Å². The van der Waals surface area contributed by atoms with Crippen molar-refractivity contribution in [3.8, 4) is 16.8 Å². The molecule has 1 saturated heterocycles. The van der Waals surface area contributed by atoms with Crippen LogP contribution in [0.15, 0.2) is 96.5 Å². The number of halogens is 6. The molecular weight excluding hydrogens is 795 g/mol. The molecule has 13 nitrogen and oxygen atoms in total. The number of ether oxygens (including phenoxy) is 2. The molecule has 3 heterocycles. The Morgan fingerprint density at radius 2 is 1.68 bits per heavy atom. The highest BCUT2D eigenvalue weighted by atomic mass is 35.5. The van der Waals surface area contributed by atoms with Gasteiger partial charge in [0.05, 0.1) is 22.9 Å². The van der Waals surface area contributed by atoms with E-state index in [4.69, 9.17) is 32.7 Å². The van der Waals surface area contributed by atoms with Crippen molar-refractivity contribution in [1.82, 2.24) is 34.8 Å². The van der Waals surface area contributed by atoms with Crippen LogP contribution >= 0.6 is 23.2 Å². The highest BCUT2D eigenvalue weighted by Gasteiger charge is 2.55. The van der Waals surface area contributed by atoms with E-state index in [-0.39, 0.29) is 35.3 Å². The molecule has 19 heteroatoms. The average Bonchev–Trinajstić information content (AvgIpc) is 3.91. The first-order valence-electron chi connectivity index (χ1n) is 17.2. The fourth-order valence-electron chi connectivity index (χ4n) is 6.52. The van der Waals surface area contributed by atoms with E-state index >= 15 is 4.79 Å². The van der Waals surface area contributed by atoms with Crippen molar-refractivity contribution in [1.29, 1.82) is 0 Å². The standard InChI is InChI=1S/C38H34Cl2F4N8O5/c1-37(2,3)20-38(26-12-9-23(10-13-26)25-16-46-50(17-25)34(43)44)32(53)51(35(49-38)48-36(55)57-18-22-7-5-4-6-8-22)29(19-56-33(40)54)24-11-14-27(39)28(15-24)52-31(30(41)42)45-21-47-52/h4-17,21,29-30,34H,18-20H2,1-3H3,(H,48,49,55). The first-order chi connectivity index (χ1) is 27.1. The predicted molar refractivity (Wildman–Crippen MR) is 200 cm³/mol. The van der Waals surface area contributed by atoms with E-state index in [1.807, 2.05) is 20.8 Å². The van der Waals surface area contributed by atoms with Gasteiger partial charge in [0.1, 0.15) is 25.1 Å². The molecule has 0 saturated carbocycles. The van der Waals surface area contributed by atoms with E-state index in [0.29, 0.717) is 26.9 Å². The van der Waals surface area contributed by atoms with Gasteiger partial charge in [0.15, 0.2) is 5.82 Å². The summed E-state index contributed by atoms with van der Waals surface area (Å²) in [6.45, 7) is 2.07. The molecule has 1 aliphatic rings. The molecule has 1 N–H and O–H groups in total. The van der Waals surface area contributed by atoms with Crippen molar-refractivity contribution in [2.24, 2.45) is 10.4 Å². The van der Waals surface area contributed by atoms with Crippen LogP contribution in [0.25, 0.3) is 16.8 Å². The first-order valence-corrected chi connectivity index (χ1v) is 18.0. The Kier molecular flexibility index (Phi) is 12.0. The van der Waals surface area contributed by atoms with Crippen molar-refractivity contribution in [2.75, 3.05) is 6.61 Å². The minimum Gasteiger partial charge on any atom is -0.451 e. The molecule has 6 rings (SSSR count). The zero-order valence-electron chi connectivity index (χ0n) is 30.5. The van der Waals surface area contributed by atoms with Gasteiger partial charge in [-0.05, 0) is 46.2 Å². The molecule has 2 atom stereocenters. The molecule has 0 radical (unpaired) electrons. The normalized spacial score (nSPS) is 17.0. The topological polar surface area (TPSA) is 146 Å². The quantitative estimate of drug-likeness (QED) is 0.0962. The lowest BCUT2D eigenvalue weighted by atomic mass is 9.75. The number of benzene rings is 3.